The van der Waals surface area contributed by atoms with Crippen molar-refractivity contribution in [2.45, 2.75) is 32.8 Å². The number of hydrogen-bond donors (Lipinski definition) is 1. The third kappa shape index (κ3) is 4.98. The molecule has 0 spiro atoms. The summed E-state index contributed by atoms with van der Waals surface area (Å²) in [6.07, 6.45) is 0.191. The largest absolute Gasteiger partial charge is 0.497 e. The van der Waals surface area contributed by atoms with Crippen LogP contribution in [0, 0.1) is 0 Å². The summed E-state index contributed by atoms with van der Waals surface area (Å²) in [5.74, 6) is -0.721. The quantitative estimate of drug-likeness (QED) is 0.612. The normalized spacial score (nSPS) is 11.6. The van der Waals surface area contributed by atoms with E-state index in [1.807, 2.05) is 6.92 Å². The van der Waals surface area contributed by atoms with Crippen molar-refractivity contribution in [1.29, 1.82) is 0 Å². The summed E-state index contributed by atoms with van der Waals surface area (Å²) in [7, 11) is 1.47. The van der Waals surface area contributed by atoms with Crippen molar-refractivity contribution in [3.05, 3.63) is 23.8 Å². The number of carbonyl (C=O) groups excluding carboxylic acids is 2. The van der Waals surface area contributed by atoms with E-state index < -0.39 is 18.0 Å². The number of rotatable bonds is 7. The third-order valence-corrected chi connectivity index (χ3v) is 2.75. The van der Waals surface area contributed by atoms with Crippen LogP contribution in [0.25, 0.3) is 0 Å². The molecule has 6 nitrogen and oxygen atoms in total. The predicted molar refractivity (Wildman–Crippen MR) is 78.2 cm³/mol. The molecule has 1 atom stereocenters. The van der Waals surface area contributed by atoms with Crippen molar-refractivity contribution in [2.24, 2.45) is 0 Å². The van der Waals surface area contributed by atoms with Gasteiger partial charge in [-0.05, 0) is 25.5 Å². The summed E-state index contributed by atoms with van der Waals surface area (Å²) in [5.41, 5.74) is 6.30. The average Bonchev–Trinajstić information content (AvgIpc) is 2.46. The highest BCUT2D eigenvalue weighted by Crippen LogP contribution is 2.20. The molecule has 0 aliphatic rings. The molecule has 1 rings (SSSR count). The Balaban J connectivity index is 2.86. The van der Waals surface area contributed by atoms with E-state index in [2.05, 4.69) is 0 Å². The monoisotopic (exact) mass is 295 g/mol. The zero-order valence-electron chi connectivity index (χ0n) is 12.5. The first-order valence-corrected chi connectivity index (χ1v) is 6.84. The Labute approximate surface area is 124 Å². The number of ether oxygens (including phenoxy) is 3. The minimum Gasteiger partial charge on any atom is -0.497 e. The van der Waals surface area contributed by atoms with Gasteiger partial charge in [-0.1, -0.05) is 13.3 Å². The Morgan fingerprint density at radius 1 is 1.24 bits per heavy atom. The molecule has 0 saturated carbocycles. The molecule has 0 aromatic heterocycles. The van der Waals surface area contributed by atoms with Crippen molar-refractivity contribution >= 4 is 17.6 Å². The molecule has 116 valence electrons. The molecule has 0 heterocycles. The van der Waals surface area contributed by atoms with Crippen LogP contribution in [0.15, 0.2) is 18.2 Å². The number of nitrogens with two attached hydrogens (primary N) is 1. The summed E-state index contributed by atoms with van der Waals surface area (Å²) in [6, 6.07) is 4.57. The molecular weight excluding hydrogens is 274 g/mol. The average molecular weight is 295 g/mol. The molecule has 6 heteroatoms. The summed E-state index contributed by atoms with van der Waals surface area (Å²) in [4.78, 5) is 23.9. The third-order valence-electron chi connectivity index (χ3n) is 2.75. The fourth-order valence-electron chi connectivity index (χ4n) is 1.78. The van der Waals surface area contributed by atoms with Crippen LogP contribution >= 0.6 is 0 Å². The van der Waals surface area contributed by atoms with E-state index >= 15 is 0 Å². The van der Waals surface area contributed by atoms with Crippen molar-refractivity contribution in [1.82, 2.24) is 0 Å². The van der Waals surface area contributed by atoms with E-state index in [4.69, 9.17) is 19.9 Å². The van der Waals surface area contributed by atoms with Crippen molar-refractivity contribution in [3.63, 3.8) is 0 Å². The van der Waals surface area contributed by atoms with Crippen LogP contribution in [0.2, 0.25) is 0 Å². The number of esters is 2. The smallest absolute Gasteiger partial charge is 0.347 e. The van der Waals surface area contributed by atoms with E-state index in [1.54, 1.807) is 13.0 Å². The van der Waals surface area contributed by atoms with Crippen LogP contribution in [0.4, 0.5) is 5.69 Å². The van der Waals surface area contributed by atoms with E-state index in [0.29, 0.717) is 24.3 Å². The molecule has 0 saturated heterocycles. The molecule has 1 aromatic rings. The lowest BCUT2D eigenvalue weighted by Gasteiger charge is -2.16. The number of carbonyl (C=O) groups is 2. The highest BCUT2D eigenvalue weighted by atomic mass is 16.6. The van der Waals surface area contributed by atoms with Gasteiger partial charge >= 0.3 is 11.9 Å². The minimum absolute atomic E-state index is 0.234. The summed E-state index contributed by atoms with van der Waals surface area (Å²) in [6.45, 7) is 3.83. The van der Waals surface area contributed by atoms with Crippen LogP contribution in [-0.4, -0.2) is 31.8 Å². The van der Waals surface area contributed by atoms with Gasteiger partial charge in [0.05, 0.1) is 19.3 Å². The minimum atomic E-state index is -0.908. The maximum Gasteiger partial charge on any atom is 0.347 e. The first kappa shape index (κ1) is 16.8. The summed E-state index contributed by atoms with van der Waals surface area (Å²) in [5, 5.41) is 0. The van der Waals surface area contributed by atoms with Gasteiger partial charge in [0.1, 0.15) is 5.75 Å². The lowest BCUT2D eigenvalue weighted by molar-refractivity contribution is -0.153. The highest BCUT2D eigenvalue weighted by Gasteiger charge is 2.24. The lowest BCUT2D eigenvalue weighted by Crippen LogP contribution is -2.29. The van der Waals surface area contributed by atoms with Gasteiger partial charge < -0.3 is 19.9 Å². The van der Waals surface area contributed by atoms with Crippen molar-refractivity contribution in [2.75, 3.05) is 19.5 Å². The Morgan fingerprint density at radius 2 is 1.95 bits per heavy atom. The topological polar surface area (TPSA) is 87.9 Å². The Hall–Kier alpha value is -2.24. The van der Waals surface area contributed by atoms with Gasteiger partial charge in [0.15, 0.2) is 6.10 Å². The second-order valence-electron chi connectivity index (χ2n) is 4.43. The zero-order chi connectivity index (χ0) is 15.8. The van der Waals surface area contributed by atoms with Crippen LogP contribution < -0.4 is 10.5 Å². The molecule has 0 amide bonds. The number of methoxy groups -OCH3 is 1. The second-order valence-corrected chi connectivity index (χ2v) is 4.43. The first-order chi connectivity index (χ1) is 10.0. The molecule has 0 fully saturated rings. The van der Waals surface area contributed by atoms with E-state index in [1.165, 1.54) is 19.2 Å². The van der Waals surface area contributed by atoms with Gasteiger partial charge in [-0.2, -0.15) is 0 Å². The molecule has 1 unspecified atom stereocenters. The van der Waals surface area contributed by atoms with Crippen LogP contribution in [0.1, 0.15) is 37.0 Å². The Bertz CT molecular complexity index is 501. The second kappa shape index (κ2) is 8.14. The first-order valence-electron chi connectivity index (χ1n) is 6.84. The highest BCUT2D eigenvalue weighted by molar-refractivity contribution is 5.92. The summed E-state index contributed by atoms with van der Waals surface area (Å²) < 4.78 is 15.2. The number of benzene rings is 1. The fraction of sp³-hybridized carbons (Fsp3) is 0.467. The Morgan fingerprint density at radius 3 is 2.52 bits per heavy atom. The molecule has 0 aliphatic carbocycles. The van der Waals surface area contributed by atoms with Crippen LogP contribution in [0.5, 0.6) is 5.75 Å². The van der Waals surface area contributed by atoms with Crippen molar-refractivity contribution in [3.8, 4) is 5.75 Å². The molecule has 2 N–H and O–H groups in total. The predicted octanol–water partition coefficient (Wildman–Crippen LogP) is 2.17. The fourth-order valence-corrected chi connectivity index (χ4v) is 1.78. The molecule has 0 bridgehead atoms. The number of nitrogen functional groups attached to an aromatic ring is 1. The molecule has 1 aromatic carbocycles. The molecule has 0 radical (unpaired) electrons. The lowest BCUT2D eigenvalue weighted by atomic mass is 10.1. The standard InChI is InChI=1S/C15H21NO5/c1-4-6-13(15(18)20-5-2)21-14(17)10-7-11(16)9-12(8-10)19-3/h7-9,13H,4-6,16H2,1-3H3. The van der Waals surface area contributed by atoms with Gasteiger partial charge in [0.2, 0.25) is 0 Å². The summed E-state index contributed by atoms with van der Waals surface area (Å²) >= 11 is 0. The van der Waals surface area contributed by atoms with E-state index in [9.17, 15) is 9.59 Å². The van der Waals surface area contributed by atoms with Gasteiger partial charge in [-0.25, -0.2) is 9.59 Å². The van der Waals surface area contributed by atoms with Gasteiger partial charge in [0.25, 0.3) is 0 Å². The molecular formula is C15H21NO5. The Kier molecular flexibility index (Phi) is 6.52. The molecule has 21 heavy (non-hydrogen) atoms. The van der Waals surface area contributed by atoms with Crippen LogP contribution in [-0.2, 0) is 14.3 Å². The van der Waals surface area contributed by atoms with Gasteiger partial charge in [-0.3, -0.25) is 0 Å². The van der Waals surface area contributed by atoms with E-state index in [-0.39, 0.29) is 12.2 Å². The zero-order valence-corrected chi connectivity index (χ0v) is 12.5. The van der Waals surface area contributed by atoms with Crippen molar-refractivity contribution < 1.29 is 23.8 Å². The van der Waals surface area contributed by atoms with E-state index in [0.717, 1.165) is 0 Å². The maximum atomic E-state index is 12.1. The van der Waals surface area contributed by atoms with Gasteiger partial charge in [-0.15, -0.1) is 0 Å². The van der Waals surface area contributed by atoms with Gasteiger partial charge in [0, 0.05) is 11.8 Å². The van der Waals surface area contributed by atoms with Crippen LogP contribution in [0.3, 0.4) is 0 Å². The SMILES string of the molecule is CCCC(OC(=O)c1cc(N)cc(OC)c1)C(=O)OCC. The molecule has 0 aliphatic heterocycles. The number of hydrogen-bond acceptors (Lipinski definition) is 6. The maximum absolute atomic E-state index is 12.1. The number of anilines is 1.